The Labute approximate surface area is 152 Å². The molecule has 3 heteroatoms. The first kappa shape index (κ1) is 23.9. The highest BCUT2D eigenvalue weighted by atomic mass is 14.9. The number of rotatable bonds is 21. The normalized spacial score (nSPS) is 11.2. The van der Waals surface area contributed by atoms with Gasteiger partial charge in [-0.15, -0.1) is 0 Å². The Morgan fingerprint density at radius 3 is 1.29 bits per heavy atom. The lowest BCUT2D eigenvalue weighted by Crippen LogP contribution is -2.24. The first-order valence-electron chi connectivity index (χ1n) is 11.0. The second-order valence-electron chi connectivity index (χ2n) is 7.24. The van der Waals surface area contributed by atoms with Crippen molar-refractivity contribution in [2.75, 3.05) is 32.7 Å². The monoisotopic (exact) mass is 341 g/mol. The van der Waals surface area contributed by atoms with E-state index in [2.05, 4.69) is 17.6 Å². The van der Waals surface area contributed by atoms with Gasteiger partial charge < -0.3 is 16.4 Å². The van der Waals surface area contributed by atoms with Crippen LogP contribution in [0.2, 0.25) is 0 Å². The third kappa shape index (κ3) is 21.9. The van der Waals surface area contributed by atoms with Gasteiger partial charge >= 0.3 is 0 Å². The molecule has 0 saturated carbocycles. The maximum Gasteiger partial charge on any atom is -0.00368 e. The maximum atomic E-state index is 5.46. The number of unbranched alkanes of at least 4 members (excludes halogenated alkanes) is 12. The summed E-state index contributed by atoms with van der Waals surface area (Å²) in [7, 11) is 0. The summed E-state index contributed by atoms with van der Waals surface area (Å²) < 4.78 is 0. The van der Waals surface area contributed by atoms with E-state index < -0.39 is 0 Å². The van der Waals surface area contributed by atoms with Crippen molar-refractivity contribution in [1.82, 2.24) is 10.6 Å². The van der Waals surface area contributed by atoms with Crippen LogP contribution in [0.3, 0.4) is 0 Å². The molecular formula is C21H47N3. The van der Waals surface area contributed by atoms with E-state index >= 15 is 0 Å². The highest BCUT2D eigenvalue weighted by molar-refractivity contribution is 4.54. The Bertz CT molecular complexity index is 187. The molecule has 0 atom stereocenters. The summed E-state index contributed by atoms with van der Waals surface area (Å²) >= 11 is 0. The van der Waals surface area contributed by atoms with Crippen LogP contribution >= 0.6 is 0 Å². The minimum absolute atomic E-state index is 0.796. The molecule has 0 rings (SSSR count). The predicted octanol–water partition coefficient (Wildman–Crippen LogP) is 5.00. The molecule has 0 heterocycles. The van der Waals surface area contributed by atoms with Gasteiger partial charge in [-0.25, -0.2) is 0 Å². The minimum atomic E-state index is 0.796. The number of nitrogens with two attached hydrogens (primary N) is 1. The van der Waals surface area contributed by atoms with Crippen molar-refractivity contribution in [3.63, 3.8) is 0 Å². The second-order valence-corrected chi connectivity index (χ2v) is 7.24. The summed E-state index contributed by atoms with van der Waals surface area (Å²) in [5, 5.41) is 6.97. The van der Waals surface area contributed by atoms with Crippen molar-refractivity contribution in [3.8, 4) is 0 Å². The highest BCUT2D eigenvalue weighted by Gasteiger charge is 1.94. The van der Waals surface area contributed by atoms with Crippen molar-refractivity contribution in [1.29, 1.82) is 0 Å². The lowest BCUT2D eigenvalue weighted by molar-refractivity contribution is 0.527. The molecule has 0 amide bonds. The molecule has 0 aliphatic heterocycles. The summed E-state index contributed by atoms with van der Waals surface area (Å²) in [6.07, 6.45) is 21.0. The van der Waals surface area contributed by atoms with E-state index in [9.17, 15) is 0 Å². The van der Waals surface area contributed by atoms with Crippen molar-refractivity contribution in [2.45, 2.75) is 103 Å². The van der Waals surface area contributed by atoms with Crippen LogP contribution in [0, 0.1) is 0 Å². The van der Waals surface area contributed by atoms with Crippen LogP contribution in [-0.2, 0) is 0 Å². The fourth-order valence-corrected chi connectivity index (χ4v) is 3.08. The van der Waals surface area contributed by atoms with Crippen molar-refractivity contribution in [3.05, 3.63) is 0 Å². The van der Waals surface area contributed by atoms with Crippen molar-refractivity contribution >= 4 is 0 Å². The third-order valence-electron chi connectivity index (χ3n) is 4.72. The van der Waals surface area contributed by atoms with E-state index in [4.69, 9.17) is 5.73 Å². The second kappa shape index (κ2) is 22.9. The van der Waals surface area contributed by atoms with Gasteiger partial charge in [-0.05, 0) is 52.0 Å². The molecule has 146 valence electrons. The fraction of sp³-hybridized carbons (Fsp3) is 1.00. The topological polar surface area (TPSA) is 50.1 Å². The van der Waals surface area contributed by atoms with E-state index in [1.165, 1.54) is 96.4 Å². The van der Waals surface area contributed by atoms with Crippen LogP contribution in [0.1, 0.15) is 103 Å². The van der Waals surface area contributed by atoms with Gasteiger partial charge in [0.2, 0.25) is 0 Å². The van der Waals surface area contributed by atoms with E-state index in [-0.39, 0.29) is 0 Å². The zero-order valence-corrected chi connectivity index (χ0v) is 16.7. The van der Waals surface area contributed by atoms with E-state index in [0.717, 1.165) is 32.6 Å². The quantitative estimate of drug-likeness (QED) is 0.258. The van der Waals surface area contributed by atoms with Gasteiger partial charge in [0.25, 0.3) is 0 Å². The Hall–Kier alpha value is -0.120. The molecule has 0 saturated heterocycles. The summed E-state index contributed by atoms with van der Waals surface area (Å²) in [4.78, 5) is 0. The molecule has 0 aromatic carbocycles. The predicted molar refractivity (Wildman–Crippen MR) is 110 cm³/mol. The number of hydrogen-bond donors (Lipinski definition) is 3. The SMILES string of the molecule is CCCCCCCCCCCCCCCNCCCNCCCN. The zero-order valence-electron chi connectivity index (χ0n) is 16.7. The Kier molecular flexibility index (Phi) is 22.8. The summed E-state index contributed by atoms with van der Waals surface area (Å²) in [6.45, 7) is 7.61. The van der Waals surface area contributed by atoms with Gasteiger partial charge in [0, 0.05) is 0 Å². The molecule has 0 radical (unpaired) electrons. The zero-order chi connectivity index (χ0) is 17.6. The Morgan fingerprint density at radius 2 is 0.833 bits per heavy atom. The largest absolute Gasteiger partial charge is 0.330 e. The van der Waals surface area contributed by atoms with Crippen LogP contribution < -0.4 is 16.4 Å². The first-order chi connectivity index (χ1) is 11.9. The molecule has 0 aromatic heterocycles. The summed E-state index contributed by atoms with van der Waals surface area (Å²) in [5.74, 6) is 0. The average molecular weight is 342 g/mol. The van der Waals surface area contributed by atoms with Gasteiger partial charge in [-0.1, -0.05) is 84.0 Å². The molecule has 0 aromatic rings. The van der Waals surface area contributed by atoms with Gasteiger partial charge in [0.1, 0.15) is 0 Å². The average Bonchev–Trinajstić information content (AvgIpc) is 2.60. The summed E-state index contributed by atoms with van der Waals surface area (Å²) in [5.41, 5.74) is 5.46. The van der Waals surface area contributed by atoms with Crippen LogP contribution in [0.5, 0.6) is 0 Å². The molecule has 0 aliphatic carbocycles. The van der Waals surface area contributed by atoms with Crippen molar-refractivity contribution < 1.29 is 0 Å². The van der Waals surface area contributed by atoms with E-state index in [0.29, 0.717) is 0 Å². The molecule has 4 N–H and O–H groups in total. The van der Waals surface area contributed by atoms with Crippen LogP contribution in [0.25, 0.3) is 0 Å². The molecule has 0 spiro atoms. The minimum Gasteiger partial charge on any atom is -0.330 e. The third-order valence-corrected chi connectivity index (χ3v) is 4.72. The fourth-order valence-electron chi connectivity index (χ4n) is 3.08. The Balaban J connectivity index is 2.93. The number of hydrogen-bond acceptors (Lipinski definition) is 3. The van der Waals surface area contributed by atoms with Gasteiger partial charge in [0.05, 0.1) is 0 Å². The maximum absolute atomic E-state index is 5.46. The first-order valence-corrected chi connectivity index (χ1v) is 11.0. The molecule has 24 heavy (non-hydrogen) atoms. The van der Waals surface area contributed by atoms with Gasteiger partial charge in [0.15, 0.2) is 0 Å². The van der Waals surface area contributed by atoms with Gasteiger partial charge in [-0.2, -0.15) is 0 Å². The molecular weight excluding hydrogens is 294 g/mol. The lowest BCUT2D eigenvalue weighted by atomic mass is 10.0. The summed E-state index contributed by atoms with van der Waals surface area (Å²) in [6, 6.07) is 0. The number of nitrogens with one attached hydrogen (secondary N) is 2. The highest BCUT2D eigenvalue weighted by Crippen LogP contribution is 2.12. The Morgan fingerprint density at radius 1 is 0.458 bits per heavy atom. The van der Waals surface area contributed by atoms with E-state index in [1.807, 2.05) is 0 Å². The van der Waals surface area contributed by atoms with Crippen molar-refractivity contribution in [2.24, 2.45) is 5.73 Å². The van der Waals surface area contributed by atoms with E-state index in [1.54, 1.807) is 0 Å². The van der Waals surface area contributed by atoms with Gasteiger partial charge in [-0.3, -0.25) is 0 Å². The molecule has 0 unspecified atom stereocenters. The molecule has 3 nitrogen and oxygen atoms in total. The van der Waals surface area contributed by atoms with Crippen LogP contribution in [0.15, 0.2) is 0 Å². The van der Waals surface area contributed by atoms with Crippen LogP contribution in [0.4, 0.5) is 0 Å². The molecule has 0 aliphatic rings. The smallest absolute Gasteiger partial charge is 0.00368 e. The van der Waals surface area contributed by atoms with Crippen LogP contribution in [-0.4, -0.2) is 32.7 Å². The molecule has 0 fully saturated rings. The lowest BCUT2D eigenvalue weighted by Gasteiger charge is -2.06. The molecule has 0 bridgehead atoms. The standard InChI is InChI=1S/C21H47N3/c1-2-3-4-5-6-7-8-9-10-11-12-13-14-18-23-20-16-21-24-19-15-17-22/h23-24H,2-22H2,1H3.